The zero-order valence-electron chi connectivity index (χ0n) is 9.97. The fourth-order valence-corrected chi connectivity index (χ4v) is 2.27. The molecule has 0 fully saturated rings. The summed E-state index contributed by atoms with van der Waals surface area (Å²) in [6.45, 7) is 4.56. The minimum atomic E-state index is -3.63. The van der Waals surface area contributed by atoms with Gasteiger partial charge in [0.05, 0.1) is 7.11 Å². The van der Waals surface area contributed by atoms with E-state index in [0.717, 1.165) is 17.4 Å². The van der Waals surface area contributed by atoms with Gasteiger partial charge in [-0.15, -0.1) is 0 Å². The van der Waals surface area contributed by atoms with E-state index in [0.29, 0.717) is 5.82 Å². The van der Waals surface area contributed by atoms with Gasteiger partial charge in [0.1, 0.15) is 5.82 Å². The third-order valence-electron chi connectivity index (χ3n) is 2.28. The van der Waals surface area contributed by atoms with Crippen LogP contribution in [0.5, 0.6) is 0 Å². The standard InChI is InChI=1S/C9H17N3O3S/c1-5-6-12-7-9(10-8(12)2)16(13,14)11(3)15-4/h7H,5-6H2,1-4H3. The Morgan fingerprint density at radius 2 is 2.19 bits per heavy atom. The maximum absolute atomic E-state index is 11.9. The average molecular weight is 247 g/mol. The molecule has 0 radical (unpaired) electrons. The van der Waals surface area contributed by atoms with Gasteiger partial charge in [0.15, 0.2) is 5.03 Å². The molecule has 0 N–H and O–H groups in total. The first-order valence-electron chi connectivity index (χ1n) is 5.00. The molecule has 92 valence electrons. The van der Waals surface area contributed by atoms with Crippen LogP contribution in [-0.2, 0) is 21.4 Å². The zero-order chi connectivity index (χ0) is 12.3. The fraction of sp³-hybridized carbons (Fsp3) is 0.667. The van der Waals surface area contributed by atoms with Crippen molar-refractivity contribution >= 4 is 10.0 Å². The Bertz CT molecular complexity index is 453. The van der Waals surface area contributed by atoms with Gasteiger partial charge in [-0.2, -0.15) is 0 Å². The van der Waals surface area contributed by atoms with E-state index in [1.165, 1.54) is 20.4 Å². The highest BCUT2D eigenvalue weighted by atomic mass is 32.2. The van der Waals surface area contributed by atoms with Gasteiger partial charge in [-0.1, -0.05) is 11.4 Å². The molecular weight excluding hydrogens is 230 g/mol. The van der Waals surface area contributed by atoms with Crippen LogP contribution in [0.2, 0.25) is 0 Å². The molecular formula is C9H17N3O3S. The molecule has 0 atom stereocenters. The predicted molar refractivity (Wildman–Crippen MR) is 59.2 cm³/mol. The highest BCUT2D eigenvalue weighted by molar-refractivity contribution is 7.88. The normalized spacial score (nSPS) is 12.3. The van der Waals surface area contributed by atoms with E-state index in [1.807, 2.05) is 11.5 Å². The van der Waals surface area contributed by atoms with E-state index in [4.69, 9.17) is 0 Å². The molecule has 16 heavy (non-hydrogen) atoms. The van der Waals surface area contributed by atoms with Crippen LogP contribution >= 0.6 is 0 Å². The van der Waals surface area contributed by atoms with Crippen LogP contribution in [0.3, 0.4) is 0 Å². The van der Waals surface area contributed by atoms with Gasteiger partial charge in [-0.25, -0.2) is 13.4 Å². The Balaban J connectivity index is 3.10. The second-order valence-electron chi connectivity index (χ2n) is 3.42. The Kier molecular flexibility index (Phi) is 4.06. The van der Waals surface area contributed by atoms with E-state index >= 15 is 0 Å². The van der Waals surface area contributed by atoms with E-state index in [-0.39, 0.29) is 5.03 Å². The first-order chi connectivity index (χ1) is 7.43. The van der Waals surface area contributed by atoms with Crippen LogP contribution in [0.25, 0.3) is 0 Å². The second kappa shape index (κ2) is 4.94. The van der Waals surface area contributed by atoms with E-state index in [1.54, 1.807) is 6.92 Å². The third-order valence-corrected chi connectivity index (χ3v) is 3.83. The summed E-state index contributed by atoms with van der Waals surface area (Å²) in [4.78, 5) is 8.70. The highest BCUT2D eigenvalue weighted by Gasteiger charge is 2.24. The Morgan fingerprint density at radius 3 is 2.69 bits per heavy atom. The lowest BCUT2D eigenvalue weighted by molar-refractivity contribution is -0.0260. The third kappa shape index (κ3) is 2.42. The summed E-state index contributed by atoms with van der Waals surface area (Å²) >= 11 is 0. The van der Waals surface area contributed by atoms with Crippen LogP contribution < -0.4 is 0 Å². The number of rotatable bonds is 5. The van der Waals surface area contributed by atoms with Crippen molar-refractivity contribution in [2.45, 2.75) is 31.8 Å². The summed E-state index contributed by atoms with van der Waals surface area (Å²) in [6, 6.07) is 0. The molecule has 0 saturated carbocycles. The monoisotopic (exact) mass is 247 g/mol. The van der Waals surface area contributed by atoms with Crippen molar-refractivity contribution in [1.82, 2.24) is 14.0 Å². The number of aryl methyl sites for hydroxylation is 2. The van der Waals surface area contributed by atoms with Crippen molar-refractivity contribution in [2.75, 3.05) is 14.2 Å². The smallest absolute Gasteiger partial charge is 0.283 e. The predicted octanol–water partition coefficient (Wildman–Crippen LogP) is 0.783. The maximum atomic E-state index is 11.9. The van der Waals surface area contributed by atoms with Gasteiger partial charge >= 0.3 is 0 Å². The minimum absolute atomic E-state index is 0.0165. The fourth-order valence-electron chi connectivity index (χ4n) is 1.30. The number of hydrogen-bond acceptors (Lipinski definition) is 4. The lowest BCUT2D eigenvalue weighted by Gasteiger charge is -2.11. The summed E-state index contributed by atoms with van der Waals surface area (Å²) in [6.07, 6.45) is 2.46. The molecule has 0 aromatic carbocycles. The van der Waals surface area contributed by atoms with Crippen molar-refractivity contribution in [3.63, 3.8) is 0 Å². The molecule has 0 unspecified atom stereocenters. The number of sulfonamides is 1. The molecule has 0 amide bonds. The van der Waals surface area contributed by atoms with Crippen molar-refractivity contribution in [1.29, 1.82) is 0 Å². The van der Waals surface area contributed by atoms with Crippen LogP contribution in [-0.4, -0.2) is 36.6 Å². The summed E-state index contributed by atoms with van der Waals surface area (Å²) in [5.41, 5.74) is 0. The van der Waals surface area contributed by atoms with E-state index in [9.17, 15) is 8.42 Å². The molecule has 1 rings (SSSR count). The maximum Gasteiger partial charge on any atom is 0.283 e. The number of imidazole rings is 1. The largest absolute Gasteiger partial charge is 0.334 e. The van der Waals surface area contributed by atoms with E-state index in [2.05, 4.69) is 9.82 Å². The summed E-state index contributed by atoms with van der Waals surface area (Å²) in [7, 11) is -0.994. The van der Waals surface area contributed by atoms with Gasteiger partial charge in [0.2, 0.25) is 0 Å². The summed E-state index contributed by atoms with van der Waals surface area (Å²) in [5.74, 6) is 0.685. The molecule has 0 aliphatic heterocycles. The van der Waals surface area contributed by atoms with Crippen molar-refractivity contribution in [3.05, 3.63) is 12.0 Å². The van der Waals surface area contributed by atoms with Crippen molar-refractivity contribution < 1.29 is 13.3 Å². The van der Waals surface area contributed by atoms with Gasteiger partial charge in [-0.05, 0) is 13.3 Å². The van der Waals surface area contributed by atoms with Gasteiger partial charge in [0.25, 0.3) is 10.0 Å². The lowest BCUT2D eigenvalue weighted by Crippen LogP contribution is -2.26. The number of aromatic nitrogens is 2. The first-order valence-corrected chi connectivity index (χ1v) is 6.44. The van der Waals surface area contributed by atoms with Gasteiger partial charge in [0, 0.05) is 19.8 Å². The molecule has 0 bridgehead atoms. The quantitative estimate of drug-likeness (QED) is 0.721. The van der Waals surface area contributed by atoms with Crippen molar-refractivity contribution in [3.8, 4) is 0 Å². The molecule has 0 spiro atoms. The van der Waals surface area contributed by atoms with E-state index < -0.39 is 10.0 Å². The van der Waals surface area contributed by atoms with Crippen molar-refractivity contribution in [2.24, 2.45) is 0 Å². The number of hydrogen-bond donors (Lipinski definition) is 0. The average Bonchev–Trinajstić information content (AvgIpc) is 2.60. The van der Waals surface area contributed by atoms with Crippen LogP contribution in [0.1, 0.15) is 19.2 Å². The number of hydroxylamine groups is 1. The van der Waals surface area contributed by atoms with Crippen LogP contribution in [0.4, 0.5) is 0 Å². The molecule has 0 saturated heterocycles. The summed E-state index contributed by atoms with van der Waals surface area (Å²) < 4.78 is 26.3. The second-order valence-corrected chi connectivity index (χ2v) is 5.30. The zero-order valence-corrected chi connectivity index (χ0v) is 10.8. The van der Waals surface area contributed by atoms with Gasteiger partial charge < -0.3 is 4.57 Å². The Labute approximate surface area is 95.8 Å². The minimum Gasteiger partial charge on any atom is -0.334 e. The molecule has 6 nitrogen and oxygen atoms in total. The molecule has 0 aliphatic rings. The molecule has 1 aromatic heterocycles. The van der Waals surface area contributed by atoms with Crippen LogP contribution in [0.15, 0.2) is 11.2 Å². The Hall–Kier alpha value is -0.920. The van der Waals surface area contributed by atoms with Crippen LogP contribution in [0, 0.1) is 6.92 Å². The lowest BCUT2D eigenvalue weighted by atomic mass is 10.5. The highest BCUT2D eigenvalue weighted by Crippen LogP contribution is 2.14. The molecule has 7 heteroatoms. The molecule has 1 heterocycles. The topological polar surface area (TPSA) is 64.4 Å². The van der Waals surface area contributed by atoms with Gasteiger partial charge in [-0.3, -0.25) is 4.84 Å². The Morgan fingerprint density at radius 1 is 1.56 bits per heavy atom. The summed E-state index contributed by atoms with van der Waals surface area (Å²) in [5, 5.41) is 0.0165. The molecule has 0 aliphatic carbocycles. The number of nitrogens with zero attached hydrogens (tertiary/aromatic N) is 3. The molecule has 1 aromatic rings. The SMILES string of the molecule is CCCn1cc(S(=O)(=O)N(C)OC)nc1C. The first kappa shape index (κ1) is 13.1.